The van der Waals surface area contributed by atoms with Crippen molar-refractivity contribution in [1.82, 2.24) is 19.6 Å². The minimum Gasteiger partial charge on any atom is -0.291 e. The number of allylic oxidation sites excluding steroid dienone is 2. The van der Waals surface area contributed by atoms with Crippen molar-refractivity contribution in [3.05, 3.63) is 58.9 Å². The molecule has 1 aliphatic heterocycles. The van der Waals surface area contributed by atoms with Gasteiger partial charge >= 0.3 is 0 Å². The predicted molar refractivity (Wildman–Crippen MR) is 96.9 cm³/mol. The molecule has 1 fully saturated rings. The van der Waals surface area contributed by atoms with Crippen LogP contribution in [-0.2, 0) is 9.59 Å². The molecule has 0 saturated carbocycles. The van der Waals surface area contributed by atoms with Crippen LogP contribution in [0, 0.1) is 11.8 Å². The van der Waals surface area contributed by atoms with E-state index in [9.17, 15) is 14.4 Å². The Morgan fingerprint density at radius 3 is 2.30 bits per heavy atom. The van der Waals surface area contributed by atoms with E-state index in [1.54, 1.807) is 0 Å². The average molecular weight is 361 g/mol. The van der Waals surface area contributed by atoms with E-state index in [0.717, 1.165) is 10.5 Å². The monoisotopic (exact) mass is 361 g/mol. The van der Waals surface area contributed by atoms with Gasteiger partial charge in [-0.05, 0) is 12.8 Å². The normalized spacial score (nSPS) is 21.9. The van der Waals surface area contributed by atoms with Crippen LogP contribution < -0.4 is 10.5 Å². The number of carbonyl (C=O) groups is 2. The zero-order chi connectivity index (χ0) is 18.5. The highest BCUT2D eigenvalue weighted by molar-refractivity contribution is 6.21. The molecule has 5 rings (SSSR count). The summed E-state index contributed by atoms with van der Waals surface area (Å²) in [6, 6.07) is 10.5. The van der Waals surface area contributed by atoms with Crippen LogP contribution in [0.3, 0.4) is 0 Å². The molecule has 3 heterocycles. The fourth-order valence-electron chi connectivity index (χ4n) is 3.77. The lowest BCUT2D eigenvalue weighted by Crippen LogP contribution is -2.34. The van der Waals surface area contributed by atoms with Gasteiger partial charge in [-0.15, -0.1) is 5.10 Å². The first-order valence-corrected chi connectivity index (χ1v) is 8.72. The molecule has 134 valence electrons. The van der Waals surface area contributed by atoms with Crippen LogP contribution in [0.25, 0.3) is 17.2 Å². The highest BCUT2D eigenvalue weighted by Gasteiger charge is 2.48. The number of aromatic nitrogens is 4. The van der Waals surface area contributed by atoms with Gasteiger partial charge in [-0.2, -0.15) is 9.50 Å². The quantitative estimate of drug-likeness (QED) is 0.551. The fraction of sp³-hybridized carbons (Fsp3) is 0.211. The summed E-state index contributed by atoms with van der Waals surface area (Å²) in [4.78, 5) is 45.9. The average Bonchev–Trinajstić information content (AvgIpc) is 3.22. The van der Waals surface area contributed by atoms with Gasteiger partial charge in [0.2, 0.25) is 17.6 Å². The van der Waals surface area contributed by atoms with E-state index in [2.05, 4.69) is 15.1 Å². The lowest BCUT2D eigenvalue weighted by atomic mass is 9.85. The largest absolute Gasteiger partial charge is 0.291 e. The first kappa shape index (κ1) is 15.7. The van der Waals surface area contributed by atoms with Crippen molar-refractivity contribution >= 4 is 23.4 Å². The Balaban J connectivity index is 1.67. The van der Waals surface area contributed by atoms with Gasteiger partial charge in [0.15, 0.2) is 11.6 Å². The summed E-state index contributed by atoms with van der Waals surface area (Å²) in [5.74, 6) is -0.631. The summed E-state index contributed by atoms with van der Waals surface area (Å²) in [6.07, 6.45) is 4.91. The van der Waals surface area contributed by atoms with Gasteiger partial charge in [-0.1, -0.05) is 42.5 Å². The molecule has 8 nitrogen and oxygen atoms in total. The van der Waals surface area contributed by atoms with Crippen LogP contribution in [-0.4, -0.2) is 31.4 Å². The molecule has 2 amide bonds. The number of aromatic amines is 1. The second-order valence-electron chi connectivity index (χ2n) is 6.70. The minimum absolute atomic E-state index is 0.132. The SMILES string of the molecule is O=C1C2CC=CCC2C(=O)N1c1cc(=O)[nH]c2nc(-c3ccccc3)nn12. The number of rotatable bonds is 2. The van der Waals surface area contributed by atoms with E-state index in [-0.39, 0.29) is 35.2 Å². The molecule has 3 aromatic rings. The molecule has 2 aliphatic rings. The standard InChI is InChI=1S/C19H15N5O3/c25-14-10-15(23-17(26)12-8-4-5-9-13(12)18(23)27)24-19(20-14)21-16(22-24)11-6-2-1-3-7-11/h1-7,10,12-13H,8-9H2,(H,20,21,22,25). The van der Waals surface area contributed by atoms with Crippen LogP contribution in [0.2, 0.25) is 0 Å². The number of amides is 2. The molecular formula is C19H15N5O3. The number of benzene rings is 1. The van der Waals surface area contributed by atoms with Gasteiger partial charge < -0.3 is 0 Å². The van der Waals surface area contributed by atoms with E-state index in [1.165, 1.54) is 10.6 Å². The lowest BCUT2D eigenvalue weighted by Gasteiger charge is -2.14. The highest BCUT2D eigenvalue weighted by atomic mass is 16.2. The second-order valence-corrected chi connectivity index (χ2v) is 6.70. The molecule has 2 aromatic heterocycles. The van der Waals surface area contributed by atoms with Crippen molar-refractivity contribution in [1.29, 1.82) is 0 Å². The molecule has 1 aromatic carbocycles. The van der Waals surface area contributed by atoms with Crippen molar-refractivity contribution in [3.8, 4) is 11.4 Å². The fourth-order valence-corrected chi connectivity index (χ4v) is 3.77. The molecule has 0 spiro atoms. The molecular weight excluding hydrogens is 346 g/mol. The Bertz CT molecular complexity index is 1140. The number of hydrogen-bond acceptors (Lipinski definition) is 5. The zero-order valence-corrected chi connectivity index (χ0v) is 14.2. The van der Waals surface area contributed by atoms with Gasteiger partial charge in [0.05, 0.1) is 11.8 Å². The number of hydrogen-bond donors (Lipinski definition) is 1. The third kappa shape index (κ3) is 2.33. The number of nitrogens with zero attached hydrogens (tertiary/aromatic N) is 4. The van der Waals surface area contributed by atoms with Crippen molar-refractivity contribution in [2.45, 2.75) is 12.8 Å². The van der Waals surface area contributed by atoms with E-state index in [4.69, 9.17) is 0 Å². The molecule has 1 N–H and O–H groups in total. The van der Waals surface area contributed by atoms with E-state index in [1.807, 2.05) is 42.5 Å². The van der Waals surface area contributed by atoms with Gasteiger partial charge in [0.1, 0.15) is 0 Å². The van der Waals surface area contributed by atoms with Crippen LogP contribution in [0.15, 0.2) is 53.3 Å². The molecule has 2 atom stereocenters. The summed E-state index contributed by atoms with van der Waals surface area (Å²) >= 11 is 0. The third-order valence-electron chi connectivity index (χ3n) is 5.09. The first-order valence-electron chi connectivity index (χ1n) is 8.72. The molecule has 0 bridgehead atoms. The molecule has 1 aliphatic carbocycles. The topological polar surface area (TPSA) is 100 Å². The van der Waals surface area contributed by atoms with Crippen LogP contribution in [0.5, 0.6) is 0 Å². The van der Waals surface area contributed by atoms with Gasteiger partial charge in [-0.25, -0.2) is 4.90 Å². The van der Waals surface area contributed by atoms with Crippen molar-refractivity contribution in [2.24, 2.45) is 11.8 Å². The zero-order valence-electron chi connectivity index (χ0n) is 14.2. The molecule has 27 heavy (non-hydrogen) atoms. The lowest BCUT2D eigenvalue weighted by molar-refractivity contribution is -0.122. The van der Waals surface area contributed by atoms with Gasteiger partial charge in [0, 0.05) is 11.6 Å². The number of carbonyl (C=O) groups excluding carboxylic acids is 2. The Morgan fingerprint density at radius 1 is 0.963 bits per heavy atom. The Morgan fingerprint density at radius 2 is 1.63 bits per heavy atom. The van der Waals surface area contributed by atoms with Gasteiger partial charge in [0.25, 0.3) is 5.56 Å². The summed E-state index contributed by atoms with van der Waals surface area (Å²) in [7, 11) is 0. The maximum Gasteiger partial charge on any atom is 0.254 e. The summed E-state index contributed by atoms with van der Waals surface area (Å²) in [5.41, 5.74) is 0.322. The Kier molecular flexibility index (Phi) is 3.33. The molecule has 2 unspecified atom stereocenters. The Labute approximate surface area is 153 Å². The van der Waals surface area contributed by atoms with Crippen molar-refractivity contribution in [2.75, 3.05) is 4.90 Å². The maximum absolute atomic E-state index is 12.9. The molecule has 1 saturated heterocycles. The van der Waals surface area contributed by atoms with Crippen molar-refractivity contribution in [3.63, 3.8) is 0 Å². The van der Waals surface area contributed by atoms with Crippen LogP contribution in [0.1, 0.15) is 12.8 Å². The highest BCUT2D eigenvalue weighted by Crippen LogP contribution is 2.37. The molecule has 0 radical (unpaired) electrons. The summed E-state index contributed by atoms with van der Waals surface area (Å²) < 4.78 is 1.35. The predicted octanol–water partition coefficient (Wildman–Crippen LogP) is 1.54. The van der Waals surface area contributed by atoms with E-state index in [0.29, 0.717) is 18.7 Å². The van der Waals surface area contributed by atoms with Gasteiger partial charge in [-0.3, -0.25) is 19.4 Å². The smallest absolute Gasteiger partial charge is 0.254 e. The number of anilines is 1. The summed E-state index contributed by atoms with van der Waals surface area (Å²) in [6.45, 7) is 0. The molecule has 8 heteroatoms. The number of fused-ring (bicyclic) bond motifs is 2. The third-order valence-corrected chi connectivity index (χ3v) is 5.09. The second kappa shape index (κ2) is 5.73. The number of nitrogens with one attached hydrogen (secondary N) is 1. The van der Waals surface area contributed by atoms with E-state index < -0.39 is 5.56 Å². The van der Waals surface area contributed by atoms with Crippen molar-refractivity contribution < 1.29 is 9.59 Å². The maximum atomic E-state index is 12.9. The van der Waals surface area contributed by atoms with Crippen LogP contribution >= 0.6 is 0 Å². The minimum atomic E-state index is -0.446. The Hall–Kier alpha value is -3.55. The first-order chi connectivity index (χ1) is 13.1. The van der Waals surface area contributed by atoms with Crippen LogP contribution in [0.4, 0.5) is 5.82 Å². The number of H-pyrrole nitrogens is 1. The van der Waals surface area contributed by atoms with E-state index >= 15 is 0 Å². The number of imide groups is 1. The summed E-state index contributed by atoms with van der Waals surface area (Å²) in [5, 5.41) is 4.43.